The fourth-order valence-corrected chi connectivity index (χ4v) is 5.31. The molecule has 1 atom stereocenters. The summed E-state index contributed by atoms with van der Waals surface area (Å²) in [4.78, 5) is 28.0. The number of ether oxygens (including phenoxy) is 1. The molecule has 0 radical (unpaired) electrons. The Bertz CT molecular complexity index is 1310. The molecule has 0 spiro atoms. The maximum atomic E-state index is 13.8. The second kappa shape index (κ2) is 12.4. The van der Waals surface area contributed by atoms with E-state index in [4.69, 9.17) is 4.74 Å². The van der Waals surface area contributed by atoms with Gasteiger partial charge in [0, 0.05) is 13.1 Å². The number of para-hydroxylation sites is 2. The fraction of sp³-hybridized carbons (Fsp3) is 0.286. The molecular weight excluding hydrogens is 490 g/mol. The average molecular weight is 524 g/mol. The minimum atomic E-state index is -4.14. The number of hydrogen-bond donors (Lipinski definition) is 1. The third-order valence-electron chi connectivity index (χ3n) is 5.96. The normalized spacial score (nSPS) is 11.9. The van der Waals surface area contributed by atoms with Crippen LogP contribution in [0.5, 0.6) is 5.75 Å². The highest BCUT2D eigenvalue weighted by atomic mass is 32.2. The Balaban J connectivity index is 2.05. The lowest BCUT2D eigenvalue weighted by Crippen LogP contribution is -2.51. The van der Waals surface area contributed by atoms with Crippen molar-refractivity contribution in [1.82, 2.24) is 10.2 Å². The highest BCUT2D eigenvalue weighted by molar-refractivity contribution is 7.92. The van der Waals surface area contributed by atoms with Crippen LogP contribution in [0.2, 0.25) is 0 Å². The predicted molar refractivity (Wildman–Crippen MR) is 144 cm³/mol. The predicted octanol–water partition coefficient (Wildman–Crippen LogP) is 3.75. The fourth-order valence-electron chi connectivity index (χ4n) is 3.86. The minimum Gasteiger partial charge on any atom is -0.495 e. The van der Waals surface area contributed by atoms with Crippen molar-refractivity contribution in [2.24, 2.45) is 0 Å². The topological polar surface area (TPSA) is 96.0 Å². The van der Waals surface area contributed by atoms with Crippen molar-refractivity contribution < 1.29 is 22.7 Å². The number of aryl methyl sites for hydroxylation is 1. The van der Waals surface area contributed by atoms with Crippen LogP contribution >= 0.6 is 0 Å². The molecule has 1 N–H and O–H groups in total. The van der Waals surface area contributed by atoms with Gasteiger partial charge in [-0.05, 0) is 50.6 Å². The van der Waals surface area contributed by atoms with Crippen LogP contribution in [0.3, 0.4) is 0 Å². The first-order valence-corrected chi connectivity index (χ1v) is 13.5. The molecule has 0 bridgehead atoms. The Labute approximate surface area is 218 Å². The van der Waals surface area contributed by atoms with Crippen molar-refractivity contribution in [3.05, 3.63) is 90.0 Å². The largest absolute Gasteiger partial charge is 0.495 e. The van der Waals surface area contributed by atoms with Gasteiger partial charge in [0.2, 0.25) is 11.8 Å². The zero-order valence-electron chi connectivity index (χ0n) is 21.5. The maximum absolute atomic E-state index is 13.8. The van der Waals surface area contributed by atoms with Gasteiger partial charge in [0.15, 0.2) is 0 Å². The van der Waals surface area contributed by atoms with E-state index in [-0.39, 0.29) is 23.0 Å². The number of likely N-dealkylation sites (N-methyl/N-ethyl adjacent to an activating group) is 1. The van der Waals surface area contributed by atoms with E-state index >= 15 is 0 Å². The first-order chi connectivity index (χ1) is 17.7. The molecule has 1 unspecified atom stereocenters. The molecule has 0 saturated heterocycles. The Kier molecular flexibility index (Phi) is 9.30. The highest BCUT2D eigenvalue weighted by Crippen LogP contribution is 2.32. The molecule has 0 aliphatic carbocycles. The Morgan fingerprint density at radius 3 is 2.19 bits per heavy atom. The molecule has 3 aromatic carbocycles. The lowest BCUT2D eigenvalue weighted by Gasteiger charge is -2.32. The van der Waals surface area contributed by atoms with Gasteiger partial charge in [-0.25, -0.2) is 8.42 Å². The maximum Gasteiger partial charge on any atom is 0.264 e. The van der Waals surface area contributed by atoms with Gasteiger partial charge in [0.05, 0.1) is 17.7 Å². The Hall–Kier alpha value is -3.85. The van der Waals surface area contributed by atoms with Crippen LogP contribution in [-0.4, -0.2) is 51.4 Å². The van der Waals surface area contributed by atoms with Gasteiger partial charge in [-0.15, -0.1) is 0 Å². The number of carbonyl (C=O) groups excluding carboxylic acids is 2. The molecule has 0 saturated carbocycles. The number of anilines is 1. The van der Waals surface area contributed by atoms with Crippen molar-refractivity contribution in [3.8, 4) is 5.75 Å². The average Bonchev–Trinajstić information content (AvgIpc) is 2.91. The number of benzene rings is 3. The number of nitrogens with one attached hydrogen (secondary N) is 1. The lowest BCUT2D eigenvalue weighted by molar-refractivity contribution is -0.139. The van der Waals surface area contributed by atoms with Crippen LogP contribution in [0.1, 0.15) is 25.0 Å². The van der Waals surface area contributed by atoms with E-state index in [1.807, 2.05) is 31.2 Å². The molecule has 2 amide bonds. The van der Waals surface area contributed by atoms with E-state index in [0.29, 0.717) is 12.3 Å². The summed E-state index contributed by atoms with van der Waals surface area (Å²) in [6.45, 7) is 5.42. The zero-order valence-corrected chi connectivity index (χ0v) is 22.4. The van der Waals surface area contributed by atoms with Gasteiger partial charge in [0.1, 0.15) is 18.3 Å². The van der Waals surface area contributed by atoms with Crippen molar-refractivity contribution in [2.75, 3.05) is 24.5 Å². The molecule has 0 aliphatic rings. The summed E-state index contributed by atoms with van der Waals surface area (Å²) in [7, 11) is -2.71. The van der Waals surface area contributed by atoms with E-state index in [0.717, 1.165) is 15.4 Å². The third kappa shape index (κ3) is 6.68. The lowest BCUT2D eigenvalue weighted by atomic mass is 10.1. The van der Waals surface area contributed by atoms with Gasteiger partial charge in [-0.2, -0.15) is 0 Å². The second-order valence-corrected chi connectivity index (χ2v) is 10.4. The zero-order chi connectivity index (χ0) is 27.0. The molecular formula is C28H33N3O5S. The van der Waals surface area contributed by atoms with Crippen LogP contribution in [0.15, 0.2) is 83.8 Å². The number of nitrogens with zero attached hydrogens (tertiary/aromatic N) is 2. The summed E-state index contributed by atoms with van der Waals surface area (Å²) in [5, 5.41) is 2.75. The summed E-state index contributed by atoms with van der Waals surface area (Å²) in [5.41, 5.74) is 2.11. The first-order valence-electron chi connectivity index (χ1n) is 12.0. The Morgan fingerprint density at radius 2 is 1.57 bits per heavy atom. The summed E-state index contributed by atoms with van der Waals surface area (Å²) >= 11 is 0. The van der Waals surface area contributed by atoms with Crippen LogP contribution in [0.4, 0.5) is 5.69 Å². The molecule has 8 nitrogen and oxygen atoms in total. The SMILES string of the molecule is CCNC(=O)C(C)N(Cc1ccc(C)cc1)C(=O)CN(c1ccccc1OC)S(=O)(=O)c1ccccc1. The number of amides is 2. The second-order valence-electron chi connectivity index (χ2n) is 8.57. The molecule has 37 heavy (non-hydrogen) atoms. The molecule has 9 heteroatoms. The van der Waals surface area contributed by atoms with Gasteiger partial charge in [-0.3, -0.25) is 13.9 Å². The smallest absolute Gasteiger partial charge is 0.264 e. The van der Waals surface area contributed by atoms with E-state index in [2.05, 4.69) is 5.32 Å². The van der Waals surface area contributed by atoms with Crippen LogP contribution in [-0.2, 0) is 26.2 Å². The van der Waals surface area contributed by atoms with E-state index < -0.39 is 28.5 Å². The molecule has 3 aromatic rings. The van der Waals surface area contributed by atoms with Crippen molar-refractivity contribution in [2.45, 2.75) is 38.3 Å². The minimum absolute atomic E-state index is 0.0376. The quantitative estimate of drug-likeness (QED) is 0.413. The number of sulfonamides is 1. The molecule has 0 aliphatic heterocycles. The standard InChI is InChI=1S/C28H33N3O5S/c1-5-29-28(33)22(3)30(19-23-17-15-21(2)16-18-23)27(32)20-31(25-13-9-10-14-26(25)36-4)37(34,35)24-11-7-6-8-12-24/h6-18,22H,5,19-20H2,1-4H3,(H,29,33). The monoisotopic (exact) mass is 523 g/mol. The number of hydrogen-bond acceptors (Lipinski definition) is 5. The number of methoxy groups -OCH3 is 1. The number of carbonyl (C=O) groups is 2. The van der Waals surface area contributed by atoms with Gasteiger partial charge in [-0.1, -0.05) is 60.2 Å². The van der Waals surface area contributed by atoms with E-state index in [1.54, 1.807) is 56.3 Å². The van der Waals surface area contributed by atoms with Crippen molar-refractivity contribution in [3.63, 3.8) is 0 Å². The molecule has 3 rings (SSSR count). The van der Waals surface area contributed by atoms with E-state index in [1.165, 1.54) is 24.1 Å². The van der Waals surface area contributed by atoms with E-state index in [9.17, 15) is 18.0 Å². The van der Waals surface area contributed by atoms with Crippen LogP contribution < -0.4 is 14.4 Å². The Morgan fingerprint density at radius 1 is 0.946 bits per heavy atom. The summed E-state index contributed by atoms with van der Waals surface area (Å²) in [6, 6.07) is 21.3. The first kappa shape index (κ1) is 27.7. The van der Waals surface area contributed by atoms with Crippen molar-refractivity contribution >= 4 is 27.5 Å². The van der Waals surface area contributed by atoms with Crippen LogP contribution in [0, 0.1) is 6.92 Å². The summed E-state index contributed by atoms with van der Waals surface area (Å²) in [5.74, 6) is -0.542. The van der Waals surface area contributed by atoms with Crippen LogP contribution in [0.25, 0.3) is 0 Å². The summed E-state index contributed by atoms with van der Waals surface area (Å²) in [6.07, 6.45) is 0. The van der Waals surface area contributed by atoms with Crippen molar-refractivity contribution in [1.29, 1.82) is 0 Å². The summed E-state index contributed by atoms with van der Waals surface area (Å²) < 4.78 is 34.0. The number of rotatable bonds is 11. The van der Waals surface area contributed by atoms with Gasteiger partial charge < -0.3 is 15.0 Å². The highest BCUT2D eigenvalue weighted by Gasteiger charge is 2.33. The molecule has 0 aromatic heterocycles. The molecule has 0 heterocycles. The van der Waals surface area contributed by atoms with Gasteiger partial charge in [0.25, 0.3) is 10.0 Å². The molecule has 0 fully saturated rings. The van der Waals surface area contributed by atoms with Gasteiger partial charge >= 0.3 is 0 Å². The molecule has 196 valence electrons. The third-order valence-corrected chi connectivity index (χ3v) is 7.73.